The number of hydrazine groups is 1. The van der Waals surface area contributed by atoms with Gasteiger partial charge in [-0.2, -0.15) is 31.1 Å². The van der Waals surface area contributed by atoms with Crippen molar-refractivity contribution in [3.63, 3.8) is 0 Å². The highest BCUT2D eigenvalue weighted by molar-refractivity contribution is 7.80. The summed E-state index contributed by atoms with van der Waals surface area (Å²) < 4.78 is 78.4. The van der Waals surface area contributed by atoms with Crippen molar-refractivity contribution in [2.75, 3.05) is 5.01 Å². The average molecular weight is 524 g/mol. The van der Waals surface area contributed by atoms with Gasteiger partial charge in [-0.25, -0.2) is 5.01 Å². The topological polar surface area (TPSA) is 102 Å². The molecule has 0 bridgehead atoms. The third kappa shape index (κ3) is 6.11. The number of hydrogen-bond donors (Lipinski definition) is 2. The maximum atomic E-state index is 13.1. The summed E-state index contributed by atoms with van der Waals surface area (Å²) in [6, 6.07) is 6.94. The molecule has 0 atom stereocenters. The molecule has 8 nitrogen and oxygen atoms in total. The fourth-order valence-corrected chi connectivity index (χ4v) is 2.91. The van der Waals surface area contributed by atoms with Crippen molar-refractivity contribution in [2.45, 2.75) is 18.9 Å². The number of nitrogens with two attached hydrogens (primary N) is 1. The predicted octanol–water partition coefficient (Wildman–Crippen LogP) is 3.81. The molecule has 1 heterocycles. The maximum Gasteiger partial charge on any atom is 0.416 e. The Labute approximate surface area is 197 Å². The highest BCUT2D eigenvalue weighted by Crippen LogP contribution is 2.37. The van der Waals surface area contributed by atoms with Crippen molar-refractivity contribution in [3.05, 3.63) is 58.6 Å². The van der Waals surface area contributed by atoms with E-state index in [4.69, 9.17) is 29.6 Å². The van der Waals surface area contributed by atoms with Crippen LogP contribution in [0.5, 0.6) is 0 Å². The Morgan fingerprint density at radius 1 is 1.06 bits per heavy atom. The van der Waals surface area contributed by atoms with Crippen LogP contribution in [0.15, 0.2) is 42.5 Å². The number of alkyl halides is 6. The first-order valence-electron chi connectivity index (χ1n) is 8.96. The number of benzene rings is 2. The number of rotatable bonds is 4. The lowest BCUT2D eigenvalue weighted by Crippen LogP contribution is -2.50. The summed E-state index contributed by atoms with van der Waals surface area (Å²) in [5.41, 5.74) is 4.67. The monoisotopic (exact) mass is 523 g/mol. The standard InChI is InChI=1S/C18H12ClF6N7OS/c19-12-1-3-13(4-2-12)32(16(26)34)28-14(33)8-31-29-15(27-30-31)9-5-10(17(20,21)22)7-11(6-9)18(23,24)25/h1-7H,8H2,(H2,26,34)(H,28,33). The van der Waals surface area contributed by atoms with Crippen LogP contribution in [0.3, 0.4) is 0 Å². The van der Waals surface area contributed by atoms with E-state index in [2.05, 4.69) is 20.8 Å². The zero-order valence-corrected chi connectivity index (χ0v) is 18.1. The minimum atomic E-state index is -5.04. The maximum absolute atomic E-state index is 13.1. The number of carbonyl (C=O) groups is 1. The van der Waals surface area contributed by atoms with Gasteiger partial charge in [0, 0.05) is 10.6 Å². The molecule has 3 aromatic rings. The molecule has 0 radical (unpaired) electrons. The molecular weight excluding hydrogens is 512 g/mol. The van der Waals surface area contributed by atoms with Crippen molar-refractivity contribution >= 4 is 40.5 Å². The molecule has 2 aromatic carbocycles. The Balaban J connectivity index is 1.82. The van der Waals surface area contributed by atoms with E-state index < -0.39 is 47.3 Å². The first kappa shape index (κ1) is 25.2. The lowest BCUT2D eigenvalue weighted by Gasteiger charge is -2.23. The average Bonchev–Trinajstić information content (AvgIpc) is 3.19. The Hall–Kier alpha value is -3.46. The smallest absolute Gasteiger partial charge is 0.374 e. The van der Waals surface area contributed by atoms with Gasteiger partial charge in [0.1, 0.15) is 6.54 Å². The van der Waals surface area contributed by atoms with Gasteiger partial charge >= 0.3 is 12.4 Å². The first-order chi connectivity index (χ1) is 15.7. The number of hydrogen-bond acceptors (Lipinski definition) is 5. The highest BCUT2D eigenvalue weighted by Gasteiger charge is 2.37. The molecule has 0 spiro atoms. The molecule has 0 saturated carbocycles. The van der Waals surface area contributed by atoms with Crippen LogP contribution >= 0.6 is 23.8 Å². The highest BCUT2D eigenvalue weighted by atomic mass is 35.5. The van der Waals surface area contributed by atoms with E-state index in [0.29, 0.717) is 27.6 Å². The molecule has 34 heavy (non-hydrogen) atoms. The molecule has 0 aliphatic rings. The minimum Gasteiger partial charge on any atom is -0.374 e. The fourth-order valence-electron chi connectivity index (χ4n) is 2.64. The van der Waals surface area contributed by atoms with E-state index in [1.807, 2.05) is 0 Å². The molecule has 0 aliphatic heterocycles. The summed E-state index contributed by atoms with van der Waals surface area (Å²) in [4.78, 5) is 13.0. The summed E-state index contributed by atoms with van der Waals surface area (Å²) in [5, 5.41) is 11.9. The van der Waals surface area contributed by atoms with Gasteiger partial charge in [-0.15, -0.1) is 10.2 Å². The normalized spacial score (nSPS) is 11.9. The van der Waals surface area contributed by atoms with Crippen molar-refractivity contribution in [1.29, 1.82) is 0 Å². The van der Waals surface area contributed by atoms with Crippen LogP contribution in [0.4, 0.5) is 32.0 Å². The zero-order valence-electron chi connectivity index (χ0n) is 16.5. The summed E-state index contributed by atoms with van der Waals surface area (Å²) in [5.74, 6) is -1.32. The summed E-state index contributed by atoms with van der Waals surface area (Å²) in [6.45, 7) is -0.606. The largest absolute Gasteiger partial charge is 0.416 e. The number of nitrogens with zero attached hydrogens (tertiary/aromatic N) is 5. The Morgan fingerprint density at radius 2 is 1.62 bits per heavy atom. The molecule has 0 fully saturated rings. The van der Waals surface area contributed by atoms with Crippen LogP contribution in [0, 0.1) is 0 Å². The number of halogens is 7. The van der Waals surface area contributed by atoms with Gasteiger partial charge in [-0.3, -0.25) is 10.2 Å². The van der Waals surface area contributed by atoms with Gasteiger partial charge < -0.3 is 5.73 Å². The van der Waals surface area contributed by atoms with E-state index in [-0.39, 0.29) is 11.2 Å². The number of carbonyl (C=O) groups excluding carboxylic acids is 1. The van der Waals surface area contributed by atoms with Crippen molar-refractivity contribution in [1.82, 2.24) is 25.6 Å². The molecule has 0 saturated heterocycles. The van der Waals surface area contributed by atoms with Crippen LogP contribution in [-0.2, 0) is 23.7 Å². The van der Waals surface area contributed by atoms with Crippen LogP contribution in [0.1, 0.15) is 11.1 Å². The van der Waals surface area contributed by atoms with Crippen LogP contribution in [-0.4, -0.2) is 31.2 Å². The van der Waals surface area contributed by atoms with E-state index >= 15 is 0 Å². The van der Waals surface area contributed by atoms with Gasteiger partial charge in [-0.1, -0.05) is 11.6 Å². The van der Waals surface area contributed by atoms with E-state index in [1.165, 1.54) is 24.3 Å². The summed E-state index contributed by atoms with van der Waals surface area (Å²) in [6.07, 6.45) is -10.1. The summed E-state index contributed by atoms with van der Waals surface area (Å²) >= 11 is 10.7. The number of aromatic nitrogens is 4. The van der Waals surface area contributed by atoms with Crippen LogP contribution < -0.4 is 16.2 Å². The second-order valence-electron chi connectivity index (χ2n) is 6.62. The molecule has 3 N–H and O–H groups in total. The predicted molar refractivity (Wildman–Crippen MR) is 112 cm³/mol. The van der Waals surface area contributed by atoms with Gasteiger partial charge in [0.2, 0.25) is 5.82 Å². The molecule has 3 rings (SSSR count). The molecule has 0 aliphatic carbocycles. The molecule has 1 aromatic heterocycles. The third-order valence-electron chi connectivity index (χ3n) is 4.13. The molecule has 0 unspecified atom stereocenters. The van der Waals surface area contributed by atoms with Crippen molar-refractivity contribution in [3.8, 4) is 11.4 Å². The molecule has 1 amide bonds. The van der Waals surface area contributed by atoms with Crippen LogP contribution in [0.2, 0.25) is 5.02 Å². The number of tetrazole rings is 1. The first-order valence-corrected chi connectivity index (χ1v) is 9.75. The van der Waals surface area contributed by atoms with Crippen molar-refractivity contribution in [2.24, 2.45) is 5.73 Å². The molecular formula is C18H12ClF6N7OS. The molecule has 180 valence electrons. The van der Waals surface area contributed by atoms with Crippen LogP contribution in [0.25, 0.3) is 11.4 Å². The lowest BCUT2D eigenvalue weighted by molar-refractivity contribution is -0.143. The quantitative estimate of drug-likeness (QED) is 0.304. The number of nitrogens with one attached hydrogen (secondary N) is 1. The summed E-state index contributed by atoms with van der Waals surface area (Å²) in [7, 11) is 0. The fraction of sp³-hybridized carbons (Fsp3) is 0.167. The lowest BCUT2D eigenvalue weighted by atomic mass is 10.0. The van der Waals surface area contributed by atoms with Crippen molar-refractivity contribution < 1.29 is 31.1 Å². The SMILES string of the molecule is NC(=S)N(NC(=O)Cn1nnc(-c2cc(C(F)(F)F)cc(C(F)(F)F)c2)n1)c1ccc(Cl)cc1. The number of amides is 1. The second-order valence-corrected chi connectivity index (χ2v) is 7.48. The number of thiocarbonyl (C=S) groups is 1. The Morgan fingerprint density at radius 3 is 2.12 bits per heavy atom. The third-order valence-corrected chi connectivity index (χ3v) is 4.56. The second kappa shape index (κ2) is 9.42. The molecule has 16 heteroatoms. The Bertz CT molecular complexity index is 1180. The number of anilines is 1. The minimum absolute atomic E-state index is 0.0254. The van der Waals surface area contributed by atoms with Gasteiger partial charge in [-0.05, 0) is 59.9 Å². The van der Waals surface area contributed by atoms with E-state index in [9.17, 15) is 31.1 Å². The van der Waals surface area contributed by atoms with Gasteiger partial charge in [0.25, 0.3) is 5.91 Å². The van der Waals surface area contributed by atoms with Gasteiger partial charge in [0.15, 0.2) is 5.11 Å². The van der Waals surface area contributed by atoms with E-state index in [0.717, 1.165) is 5.01 Å². The van der Waals surface area contributed by atoms with Gasteiger partial charge in [0.05, 0.1) is 16.8 Å². The van der Waals surface area contributed by atoms with E-state index in [1.54, 1.807) is 0 Å². The Kier molecular flexibility index (Phi) is 6.97. The zero-order chi connectivity index (χ0) is 25.3.